The van der Waals surface area contributed by atoms with Gasteiger partial charge in [-0.25, -0.2) is 22.3 Å². The van der Waals surface area contributed by atoms with Crippen molar-refractivity contribution in [3.63, 3.8) is 0 Å². The van der Waals surface area contributed by atoms with Crippen LogP contribution in [0.5, 0.6) is 5.88 Å². The molecule has 0 radical (unpaired) electrons. The molecule has 1 aromatic heterocycles. The van der Waals surface area contributed by atoms with Crippen LogP contribution < -0.4 is 9.64 Å². The molecule has 4 aliphatic rings. The van der Waals surface area contributed by atoms with E-state index in [1.54, 1.807) is 18.5 Å². The molecule has 3 heterocycles. The van der Waals surface area contributed by atoms with Crippen LogP contribution in [0.4, 0.5) is 27.6 Å². The molecule has 2 aromatic carbocycles. The first kappa shape index (κ1) is 29.5. The van der Waals surface area contributed by atoms with Gasteiger partial charge in [0.25, 0.3) is 6.47 Å². The summed E-state index contributed by atoms with van der Waals surface area (Å²) in [6.07, 6.45) is 0.627. The molecular weight excluding hydrogens is 593 g/mol. The van der Waals surface area contributed by atoms with Gasteiger partial charge in [-0.3, -0.25) is 4.79 Å². The number of hydrogen-bond acceptors (Lipinski definition) is 5. The molecule has 1 N–H and O–H groups in total. The molecule has 2 aliphatic carbocycles. The van der Waals surface area contributed by atoms with Crippen LogP contribution in [0.25, 0.3) is 11.1 Å². The van der Waals surface area contributed by atoms with Crippen molar-refractivity contribution in [2.75, 3.05) is 37.3 Å². The number of nitrogens with zero attached hydrogens (tertiary/aromatic N) is 3. The summed E-state index contributed by atoms with van der Waals surface area (Å²) < 4.78 is 91.1. The van der Waals surface area contributed by atoms with Crippen molar-refractivity contribution in [2.24, 2.45) is 11.3 Å². The molecule has 3 unspecified atom stereocenters. The average Bonchev–Trinajstić information content (AvgIpc) is 3.56. The topological polar surface area (TPSA) is 83.0 Å². The zero-order valence-corrected chi connectivity index (χ0v) is 23.9. The van der Waals surface area contributed by atoms with Gasteiger partial charge in [0, 0.05) is 66.9 Å². The molecule has 3 fully saturated rings. The van der Waals surface area contributed by atoms with Gasteiger partial charge < -0.3 is 14.7 Å². The van der Waals surface area contributed by atoms with Gasteiger partial charge in [-0.05, 0) is 71.7 Å². The summed E-state index contributed by atoms with van der Waals surface area (Å²) in [5.74, 6) is -0.410. The lowest BCUT2D eigenvalue weighted by molar-refractivity contribution is -0.137. The number of anilines is 1. The van der Waals surface area contributed by atoms with E-state index in [2.05, 4.69) is 4.98 Å². The van der Waals surface area contributed by atoms with E-state index >= 15 is 4.39 Å². The molecule has 13 heteroatoms. The second-order valence-electron chi connectivity index (χ2n) is 11.7. The fraction of sp³-hybridized carbons (Fsp3) is 0.400. The van der Waals surface area contributed by atoms with Crippen LogP contribution in [-0.4, -0.2) is 57.5 Å². The molecule has 0 bridgehead atoms. The van der Waals surface area contributed by atoms with Crippen molar-refractivity contribution in [3.05, 3.63) is 76.5 Å². The molecule has 2 saturated heterocycles. The highest BCUT2D eigenvalue weighted by atomic mass is 32.2. The maximum absolute atomic E-state index is 15.3. The maximum Gasteiger partial charge on any atom is 0.417 e. The summed E-state index contributed by atoms with van der Waals surface area (Å²) in [5.41, 5.74) is 0.846. The number of pyridine rings is 1. The largest absolute Gasteiger partial charge is 0.483 e. The van der Waals surface area contributed by atoms with Gasteiger partial charge in [-0.15, -0.1) is 0 Å². The van der Waals surface area contributed by atoms with Crippen LogP contribution in [0.1, 0.15) is 34.6 Å². The fourth-order valence-electron chi connectivity index (χ4n) is 6.50. The van der Waals surface area contributed by atoms with E-state index in [0.717, 1.165) is 18.1 Å². The number of aromatic nitrogens is 1. The molecule has 43 heavy (non-hydrogen) atoms. The van der Waals surface area contributed by atoms with Gasteiger partial charge >= 0.3 is 6.18 Å². The monoisotopic (exact) mass is 621 g/mol. The van der Waals surface area contributed by atoms with E-state index in [1.807, 2.05) is 15.3 Å². The fourth-order valence-corrected chi connectivity index (χ4v) is 7.41. The predicted molar refractivity (Wildman–Crippen MR) is 149 cm³/mol. The maximum atomic E-state index is 15.3. The number of fused-ring (bicyclic) bond motifs is 3. The first-order valence-electron chi connectivity index (χ1n) is 13.6. The van der Waals surface area contributed by atoms with Gasteiger partial charge in [0.05, 0.1) is 16.5 Å². The van der Waals surface area contributed by atoms with Crippen LogP contribution >= 0.6 is 0 Å². The number of rotatable bonds is 6. The summed E-state index contributed by atoms with van der Waals surface area (Å²) in [6.45, 7) is 2.12. The quantitative estimate of drug-likeness (QED) is 0.293. The molecule has 3 aromatic rings. The Morgan fingerprint density at radius 3 is 2.47 bits per heavy atom. The second kappa shape index (κ2) is 10.8. The zero-order chi connectivity index (χ0) is 30.7. The third-order valence-corrected chi connectivity index (χ3v) is 9.70. The van der Waals surface area contributed by atoms with Gasteiger partial charge in [0.1, 0.15) is 18.2 Å². The van der Waals surface area contributed by atoms with Crippen molar-refractivity contribution in [1.82, 2.24) is 9.29 Å². The van der Waals surface area contributed by atoms with Crippen LogP contribution in [0.2, 0.25) is 0 Å². The Morgan fingerprint density at radius 1 is 1.09 bits per heavy atom. The van der Waals surface area contributed by atoms with E-state index in [9.17, 15) is 21.8 Å². The summed E-state index contributed by atoms with van der Waals surface area (Å²) in [5, 5.41) is 6.89. The smallest absolute Gasteiger partial charge is 0.417 e. The van der Waals surface area contributed by atoms with E-state index in [0.29, 0.717) is 49.8 Å². The summed E-state index contributed by atoms with van der Waals surface area (Å²) in [4.78, 5) is 14.6. The number of ether oxygens (including phenoxy) is 1. The molecule has 2 aliphatic heterocycles. The van der Waals surface area contributed by atoms with Crippen molar-refractivity contribution in [1.29, 1.82) is 0 Å². The van der Waals surface area contributed by atoms with Crippen molar-refractivity contribution in [2.45, 2.75) is 31.5 Å². The van der Waals surface area contributed by atoms with Crippen molar-refractivity contribution < 1.29 is 40.8 Å². The third kappa shape index (κ3) is 5.60. The Labute approximate surface area is 246 Å². The predicted octanol–water partition coefficient (Wildman–Crippen LogP) is 5.40. The van der Waals surface area contributed by atoms with E-state index in [-0.39, 0.29) is 35.5 Å². The molecular formula is C30H28F5N3O4S. The van der Waals surface area contributed by atoms with Gasteiger partial charge in [0.15, 0.2) is 0 Å². The molecule has 3 atom stereocenters. The summed E-state index contributed by atoms with van der Waals surface area (Å²) >= 11 is 0. The number of hydrogen-bond donors (Lipinski definition) is 1. The Hall–Kier alpha value is -3.58. The summed E-state index contributed by atoms with van der Waals surface area (Å²) in [7, 11) is -1.02. The standard InChI is InChI=1S/C29H26F5N3O2S.CH2O2/c1-40(38)37-14-28(15-37)12-36(13-28)19-2-3-20(26(31)8-19)22-6-18(25(30)9-24(22)29(32,33)34)11-39-27-7-17-4-16-5-21(16)23(17)10-35-27;2-1-3/h2-3,6-10,16,21H,4-5,11-15H2,1H3;1H,(H,2,3). The van der Waals surface area contributed by atoms with E-state index in [4.69, 9.17) is 14.6 Å². The number of benzene rings is 2. The lowest BCUT2D eigenvalue weighted by atomic mass is 9.74. The lowest BCUT2D eigenvalue weighted by Gasteiger charge is -2.60. The third-order valence-electron chi connectivity index (χ3n) is 8.72. The molecule has 228 valence electrons. The second-order valence-corrected chi connectivity index (χ2v) is 13.0. The first-order valence-corrected chi connectivity index (χ1v) is 15.2. The number of halogens is 5. The van der Waals surface area contributed by atoms with Crippen molar-refractivity contribution >= 4 is 23.1 Å². The van der Waals surface area contributed by atoms with Gasteiger partial charge in [0.2, 0.25) is 5.88 Å². The molecule has 1 saturated carbocycles. The minimum absolute atomic E-state index is 0.0181. The molecule has 0 amide bonds. The highest BCUT2D eigenvalue weighted by Gasteiger charge is 2.53. The molecule has 7 rings (SSSR count). The van der Waals surface area contributed by atoms with Crippen molar-refractivity contribution in [3.8, 4) is 17.0 Å². The Bertz CT molecular complexity index is 1600. The first-order chi connectivity index (χ1) is 20.4. The van der Waals surface area contributed by atoms with Gasteiger partial charge in [-0.1, -0.05) is 0 Å². The molecule has 7 nitrogen and oxygen atoms in total. The van der Waals surface area contributed by atoms with Gasteiger partial charge in [-0.2, -0.15) is 13.2 Å². The summed E-state index contributed by atoms with van der Waals surface area (Å²) in [6, 6.07) is 7.35. The highest BCUT2D eigenvalue weighted by molar-refractivity contribution is 7.81. The van der Waals surface area contributed by atoms with Crippen LogP contribution in [0, 0.1) is 23.0 Å². The number of alkyl halides is 3. The Morgan fingerprint density at radius 2 is 1.81 bits per heavy atom. The normalized spacial score (nSPS) is 22.0. The Kier molecular flexibility index (Phi) is 7.44. The van der Waals surface area contributed by atoms with Crippen LogP contribution in [0.3, 0.4) is 0 Å². The average molecular weight is 622 g/mol. The minimum atomic E-state index is -4.89. The van der Waals surface area contributed by atoms with Crippen LogP contribution in [-0.2, 0) is 35.0 Å². The SMILES string of the molecule is CS(=O)N1CC2(CN(c3ccc(-c4cc(COc5cc6c(cn5)C5CC5C6)c(F)cc4C(F)(F)F)c(F)c3)C2)C1.O=CO. The van der Waals surface area contributed by atoms with E-state index < -0.39 is 39.9 Å². The zero-order valence-electron chi connectivity index (χ0n) is 23.0. The highest BCUT2D eigenvalue weighted by Crippen LogP contribution is 2.56. The van der Waals surface area contributed by atoms with E-state index in [1.165, 1.54) is 24.1 Å². The molecule has 1 spiro atoms. The Balaban J connectivity index is 0.00000105. The van der Waals surface area contributed by atoms with Crippen LogP contribution in [0.15, 0.2) is 42.6 Å². The number of carbonyl (C=O) groups is 1. The minimum Gasteiger partial charge on any atom is -0.483 e. The number of carboxylic acid groups (broad SMARTS) is 1. The lowest BCUT2D eigenvalue weighted by Crippen LogP contribution is -2.72.